The molecular weight excluding hydrogens is 318 g/mol. The highest BCUT2D eigenvalue weighted by molar-refractivity contribution is 7.89. The van der Waals surface area contributed by atoms with Gasteiger partial charge in [0.2, 0.25) is 10.0 Å². The molecule has 2 N–H and O–H groups in total. The monoisotopic (exact) mass is 335 g/mol. The summed E-state index contributed by atoms with van der Waals surface area (Å²) in [7, 11) is -2.33. The Hall–Kier alpha value is -2.38. The predicted molar refractivity (Wildman–Crippen MR) is 85.2 cm³/mol. The van der Waals surface area contributed by atoms with E-state index in [0.29, 0.717) is 5.56 Å². The van der Waals surface area contributed by atoms with Crippen molar-refractivity contribution in [2.24, 2.45) is 0 Å². The van der Waals surface area contributed by atoms with Crippen LogP contribution in [0, 0.1) is 6.92 Å². The number of carboxylic acids is 1. The Balaban J connectivity index is 2.19. The predicted octanol–water partition coefficient (Wildman–Crippen LogP) is 2.18. The number of nitrogens with one attached hydrogen (secondary N) is 1. The van der Waals surface area contributed by atoms with E-state index in [4.69, 9.17) is 9.84 Å². The van der Waals surface area contributed by atoms with E-state index in [1.165, 1.54) is 25.3 Å². The molecule has 0 heterocycles. The molecule has 0 unspecified atom stereocenters. The molecule has 0 saturated carbocycles. The second-order valence-corrected chi connectivity index (χ2v) is 6.72. The van der Waals surface area contributed by atoms with Gasteiger partial charge in [-0.05, 0) is 42.3 Å². The summed E-state index contributed by atoms with van der Waals surface area (Å²) in [6.07, 6.45) is 0. The maximum Gasteiger partial charge on any atom is 0.335 e. The van der Waals surface area contributed by atoms with Crippen molar-refractivity contribution in [1.29, 1.82) is 0 Å². The van der Waals surface area contributed by atoms with Crippen molar-refractivity contribution in [1.82, 2.24) is 4.72 Å². The molecule has 2 aromatic rings. The number of aromatic carboxylic acids is 1. The summed E-state index contributed by atoms with van der Waals surface area (Å²) < 4.78 is 32.4. The Morgan fingerprint density at radius 3 is 2.39 bits per heavy atom. The smallest absolute Gasteiger partial charge is 0.335 e. The van der Waals surface area contributed by atoms with Crippen LogP contribution in [0.4, 0.5) is 0 Å². The first-order valence-electron chi connectivity index (χ1n) is 6.80. The quantitative estimate of drug-likeness (QED) is 0.844. The van der Waals surface area contributed by atoms with Crippen molar-refractivity contribution >= 4 is 16.0 Å². The van der Waals surface area contributed by atoms with Gasteiger partial charge in [0.25, 0.3) is 0 Å². The lowest BCUT2D eigenvalue weighted by molar-refractivity contribution is 0.0697. The van der Waals surface area contributed by atoms with Gasteiger partial charge in [0.05, 0.1) is 12.7 Å². The van der Waals surface area contributed by atoms with Crippen molar-refractivity contribution in [3.05, 3.63) is 59.2 Å². The third kappa shape index (κ3) is 4.08. The number of rotatable bonds is 6. The fourth-order valence-corrected chi connectivity index (χ4v) is 3.28. The Morgan fingerprint density at radius 2 is 1.83 bits per heavy atom. The lowest BCUT2D eigenvalue weighted by atomic mass is 10.1. The Labute approximate surface area is 134 Å². The lowest BCUT2D eigenvalue weighted by Crippen LogP contribution is -2.24. The molecule has 122 valence electrons. The van der Waals surface area contributed by atoms with Gasteiger partial charge in [0, 0.05) is 6.54 Å². The molecule has 6 nitrogen and oxygen atoms in total. The van der Waals surface area contributed by atoms with Gasteiger partial charge >= 0.3 is 5.97 Å². The molecule has 2 rings (SSSR count). The van der Waals surface area contributed by atoms with E-state index in [2.05, 4.69) is 4.72 Å². The number of carbonyl (C=O) groups is 1. The largest absolute Gasteiger partial charge is 0.495 e. The molecule has 0 aliphatic rings. The number of aryl methyl sites for hydroxylation is 1. The first-order chi connectivity index (χ1) is 10.8. The van der Waals surface area contributed by atoms with E-state index in [1.807, 2.05) is 0 Å². The van der Waals surface area contributed by atoms with Crippen LogP contribution in [0.3, 0.4) is 0 Å². The number of hydrogen-bond acceptors (Lipinski definition) is 4. The van der Waals surface area contributed by atoms with Crippen LogP contribution in [-0.4, -0.2) is 26.6 Å². The minimum Gasteiger partial charge on any atom is -0.495 e. The number of sulfonamides is 1. The molecule has 0 saturated heterocycles. The summed E-state index contributed by atoms with van der Waals surface area (Å²) in [4.78, 5) is 10.9. The van der Waals surface area contributed by atoms with Gasteiger partial charge in [-0.15, -0.1) is 0 Å². The van der Waals surface area contributed by atoms with Crippen LogP contribution in [0.5, 0.6) is 5.75 Å². The second-order valence-electron chi connectivity index (χ2n) is 4.98. The van der Waals surface area contributed by atoms with Gasteiger partial charge in [-0.3, -0.25) is 0 Å². The van der Waals surface area contributed by atoms with Gasteiger partial charge in [-0.2, -0.15) is 0 Å². The first kappa shape index (κ1) is 17.0. The molecular formula is C16H17NO5S. The topological polar surface area (TPSA) is 92.7 Å². The third-order valence-electron chi connectivity index (χ3n) is 3.28. The Bertz CT molecular complexity index is 813. The van der Waals surface area contributed by atoms with Gasteiger partial charge in [0.15, 0.2) is 0 Å². The molecule has 23 heavy (non-hydrogen) atoms. The average molecular weight is 335 g/mol. The standard InChI is InChI=1S/C16H17NO5S/c1-11-3-8-14(22-2)15(9-11)23(20,21)17-10-12-4-6-13(7-5-12)16(18)19/h3-9,17H,10H2,1-2H3,(H,18,19). The van der Waals surface area contributed by atoms with Gasteiger partial charge < -0.3 is 9.84 Å². The summed E-state index contributed by atoms with van der Waals surface area (Å²) in [6, 6.07) is 10.9. The molecule has 0 aliphatic carbocycles. The minimum atomic E-state index is -3.74. The maximum absolute atomic E-state index is 12.4. The van der Waals surface area contributed by atoms with E-state index < -0.39 is 16.0 Å². The summed E-state index contributed by atoms with van der Waals surface area (Å²) in [5.74, 6) is -0.758. The second kappa shape index (κ2) is 6.80. The van der Waals surface area contributed by atoms with E-state index in [-0.39, 0.29) is 22.8 Å². The zero-order valence-corrected chi connectivity index (χ0v) is 13.6. The molecule has 0 fully saturated rings. The van der Waals surface area contributed by atoms with Crippen LogP contribution in [-0.2, 0) is 16.6 Å². The van der Waals surface area contributed by atoms with Crippen molar-refractivity contribution in [3.63, 3.8) is 0 Å². The molecule has 0 atom stereocenters. The highest BCUT2D eigenvalue weighted by atomic mass is 32.2. The van der Waals surface area contributed by atoms with Crippen LogP contribution in [0.25, 0.3) is 0 Å². The van der Waals surface area contributed by atoms with Crippen molar-refractivity contribution in [2.45, 2.75) is 18.4 Å². The number of carboxylic acid groups (broad SMARTS) is 1. The molecule has 0 bridgehead atoms. The molecule has 0 aromatic heterocycles. The molecule has 0 spiro atoms. The highest BCUT2D eigenvalue weighted by Gasteiger charge is 2.19. The minimum absolute atomic E-state index is 0.0549. The lowest BCUT2D eigenvalue weighted by Gasteiger charge is -2.11. The number of methoxy groups -OCH3 is 1. The number of ether oxygens (including phenoxy) is 1. The summed E-state index contributed by atoms with van der Waals surface area (Å²) >= 11 is 0. The molecule has 0 aliphatic heterocycles. The van der Waals surface area contributed by atoms with Crippen LogP contribution in [0.2, 0.25) is 0 Å². The average Bonchev–Trinajstić information content (AvgIpc) is 2.53. The number of benzene rings is 2. The summed E-state index contributed by atoms with van der Waals surface area (Å²) in [5, 5.41) is 8.84. The van der Waals surface area contributed by atoms with Gasteiger partial charge in [-0.25, -0.2) is 17.9 Å². The van der Waals surface area contributed by atoms with E-state index in [1.54, 1.807) is 31.2 Å². The van der Waals surface area contributed by atoms with Crippen molar-refractivity contribution in [3.8, 4) is 5.75 Å². The van der Waals surface area contributed by atoms with Gasteiger partial charge in [-0.1, -0.05) is 18.2 Å². The van der Waals surface area contributed by atoms with Crippen LogP contribution < -0.4 is 9.46 Å². The highest BCUT2D eigenvalue weighted by Crippen LogP contribution is 2.24. The summed E-state index contributed by atoms with van der Waals surface area (Å²) in [6.45, 7) is 1.85. The zero-order chi connectivity index (χ0) is 17.0. The van der Waals surface area contributed by atoms with Crippen LogP contribution in [0.1, 0.15) is 21.5 Å². The first-order valence-corrected chi connectivity index (χ1v) is 8.28. The van der Waals surface area contributed by atoms with E-state index in [0.717, 1.165) is 5.56 Å². The Morgan fingerprint density at radius 1 is 1.17 bits per heavy atom. The Kier molecular flexibility index (Phi) is 5.02. The van der Waals surface area contributed by atoms with Crippen molar-refractivity contribution < 1.29 is 23.1 Å². The molecule has 0 radical (unpaired) electrons. The molecule has 7 heteroatoms. The third-order valence-corrected chi connectivity index (χ3v) is 4.70. The normalized spacial score (nSPS) is 11.2. The maximum atomic E-state index is 12.4. The number of hydrogen-bond donors (Lipinski definition) is 2. The van der Waals surface area contributed by atoms with Crippen molar-refractivity contribution in [2.75, 3.05) is 7.11 Å². The van der Waals surface area contributed by atoms with E-state index >= 15 is 0 Å². The fraction of sp³-hybridized carbons (Fsp3) is 0.188. The van der Waals surface area contributed by atoms with Gasteiger partial charge in [0.1, 0.15) is 10.6 Å². The fourth-order valence-electron chi connectivity index (χ4n) is 2.02. The van der Waals surface area contributed by atoms with Crippen LogP contribution >= 0.6 is 0 Å². The molecule has 2 aromatic carbocycles. The van der Waals surface area contributed by atoms with E-state index in [9.17, 15) is 13.2 Å². The summed E-state index contributed by atoms with van der Waals surface area (Å²) in [5.41, 5.74) is 1.61. The molecule has 0 amide bonds. The SMILES string of the molecule is COc1ccc(C)cc1S(=O)(=O)NCc1ccc(C(=O)O)cc1. The van der Waals surface area contributed by atoms with Crippen LogP contribution in [0.15, 0.2) is 47.4 Å². The zero-order valence-electron chi connectivity index (χ0n) is 12.7.